The monoisotopic (exact) mass is 391 g/mol. The van der Waals surface area contributed by atoms with Crippen molar-refractivity contribution in [3.05, 3.63) is 53.1 Å². The van der Waals surface area contributed by atoms with Crippen molar-refractivity contribution in [3.63, 3.8) is 0 Å². The number of aliphatic hydroxyl groups is 1. The van der Waals surface area contributed by atoms with Crippen LogP contribution in [0.1, 0.15) is 46.6 Å². The zero-order valence-electron chi connectivity index (χ0n) is 17.4. The predicted molar refractivity (Wildman–Crippen MR) is 111 cm³/mol. The van der Waals surface area contributed by atoms with Crippen LogP contribution in [-0.4, -0.2) is 37.0 Å². The molecule has 5 heteroatoms. The van der Waals surface area contributed by atoms with E-state index in [0.29, 0.717) is 24.4 Å². The first-order chi connectivity index (χ1) is 12.4. The van der Waals surface area contributed by atoms with Crippen molar-refractivity contribution in [2.24, 2.45) is 11.3 Å². The Morgan fingerprint density at radius 3 is 2.37 bits per heavy atom. The fourth-order valence-electron chi connectivity index (χ4n) is 3.17. The molecule has 1 aromatic carbocycles. The third kappa shape index (κ3) is 5.31. The summed E-state index contributed by atoms with van der Waals surface area (Å²) in [5.74, 6) is 0.0578. The molecule has 1 saturated heterocycles. The molecule has 0 saturated carbocycles. The predicted octanol–water partition coefficient (Wildman–Crippen LogP) is 4.31. The molecule has 1 aliphatic heterocycles. The van der Waals surface area contributed by atoms with Crippen LogP contribution in [0.3, 0.4) is 0 Å². The third-order valence-corrected chi connectivity index (χ3v) is 7.05. The Balaban J connectivity index is 2.19. The van der Waals surface area contributed by atoms with Crippen LogP contribution in [0.15, 0.2) is 52.5 Å². The lowest BCUT2D eigenvalue weighted by Gasteiger charge is -2.24. The average molecular weight is 392 g/mol. The maximum atomic E-state index is 13.0. The van der Waals surface area contributed by atoms with Crippen molar-refractivity contribution >= 4 is 10.0 Å². The number of nitrogens with zero attached hydrogens (tertiary/aromatic N) is 1. The third-order valence-electron chi connectivity index (χ3n) is 5.22. The quantitative estimate of drug-likeness (QED) is 0.761. The molecule has 27 heavy (non-hydrogen) atoms. The first kappa shape index (κ1) is 21.9. The molecule has 0 aliphatic carbocycles. The van der Waals surface area contributed by atoms with Gasteiger partial charge in [-0.05, 0) is 50.3 Å². The number of hydrogen-bond acceptors (Lipinski definition) is 3. The van der Waals surface area contributed by atoms with Gasteiger partial charge in [0.2, 0.25) is 10.0 Å². The second kappa shape index (κ2) is 8.29. The molecule has 4 nitrogen and oxygen atoms in total. The van der Waals surface area contributed by atoms with Crippen LogP contribution in [0.2, 0.25) is 0 Å². The second-order valence-corrected chi connectivity index (χ2v) is 10.7. The first-order valence-electron chi connectivity index (χ1n) is 9.50. The molecule has 1 aliphatic rings. The molecule has 1 aromatic rings. The average Bonchev–Trinajstić information content (AvgIpc) is 2.99. The Labute approximate surface area is 164 Å². The van der Waals surface area contributed by atoms with Gasteiger partial charge >= 0.3 is 0 Å². The smallest absolute Gasteiger partial charge is 0.243 e. The molecule has 0 spiro atoms. The van der Waals surface area contributed by atoms with Gasteiger partial charge in [-0.3, -0.25) is 0 Å². The first-order valence-corrected chi connectivity index (χ1v) is 10.9. The lowest BCUT2D eigenvalue weighted by atomic mass is 9.87. The van der Waals surface area contributed by atoms with Crippen LogP contribution in [0.25, 0.3) is 0 Å². The minimum Gasteiger partial charge on any atom is -0.392 e. The topological polar surface area (TPSA) is 57.6 Å². The van der Waals surface area contributed by atoms with Crippen LogP contribution in [0.4, 0.5) is 0 Å². The lowest BCUT2D eigenvalue weighted by molar-refractivity contribution is 0.0658. The summed E-state index contributed by atoms with van der Waals surface area (Å²) in [6, 6.07) is 7.01. The molecular formula is C22H33NO3S. The minimum atomic E-state index is -3.50. The van der Waals surface area contributed by atoms with E-state index in [0.717, 1.165) is 16.7 Å². The number of hydrogen-bond donors (Lipinski definition) is 1. The zero-order chi connectivity index (χ0) is 20.4. The van der Waals surface area contributed by atoms with E-state index in [9.17, 15) is 13.5 Å². The summed E-state index contributed by atoms with van der Waals surface area (Å²) in [6.45, 7) is 12.9. The molecular weight excluding hydrogens is 358 g/mol. The van der Waals surface area contributed by atoms with E-state index in [4.69, 9.17) is 0 Å². The Hall–Kier alpha value is -1.43. The number of sulfonamides is 1. The van der Waals surface area contributed by atoms with Crippen LogP contribution >= 0.6 is 0 Å². The van der Waals surface area contributed by atoms with Gasteiger partial charge in [0.1, 0.15) is 0 Å². The van der Waals surface area contributed by atoms with Gasteiger partial charge in [-0.2, -0.15) is 4.31 Å². The molecule has 0 unspecified atom stereocenters. The van der Waals surface area contributed by atoms with Crippen molar-refractivity contribution in [2.45, 2.75) is 59.0 Å². The van der Waals surface area contributed by atoms with Crippen molar-refractivity contribution < 1.29 is 13.5 Å². The van der Waals surface area contributed by atoms with Crippen molar-refractivity contribution in [1.82, 2.24) is 4.31 Å². The highest BCUT2D eigenvalue weighted by Crippen LogP contribution is 2.32. The van der Waals surface area contributed by atoms with E-state index in [1.54, 1.807) is 16.4 Å². The molecule has 0 radical (unpaired) electrons. The van der Waals surface area contributed by atoms with Crippen LogP contribution in [0.5, 0.6) is 0 Å². The zero-order valence-corrected chi connectivity index (χ0v) is 18.2. The highest BCUT2D eigenvalue weighted by atomic mass is 32.2. The van der Waals surface area contributed by atoms with E-state index < -0.39 is 16.1 Å². The van der Waals surface area contributed by atoms with E-state index >= 15 is 0 Å². The Kier molecular flexibility index (Phi) is 6.72. The van der Waals surface area contributed by atoms with Gasteiger partial charge in [0.15, 0.2) is 0 Å². The summed E-state index contributed by atoms with van der Waals surface area (Å²) in [5, 5.41) is 10.2. The number of rotatable bonds is 5. The van der Waals surface area contributed by atoms with Crippen molar-refractivity contribution in [3.8, 4) is 0 Å². The maximum absolute atomic E-state index is 13.0. The van der Waals surface area contributed by atoms with E-state index in [2.05, 4.69) is 6.08 Å². The fourth-order valence-corrected chi connectivity index (χ4v) is 4.62. The van der Waals surface area contributed by atoms with E-state index in [-0.39, 0.29) is 11.3 Å². The normalized spacial score (nSPS) is 20.4. The highest BCUT2D eigenvalue weighted by molar-refractivity contribution is 7.89. The molecule has 0 aromatic heterocycles. The Morgan fingerprint density at radius 1 is 1.26 bits per heavy atom. The summed E-state index contributed by atoms with van der Waals surface area (Å²) in [7, 11) is -3.50. The van der Waals surface area contributed by atoms with Crippen LogP contribution < -0.4 is 0 Å². The highest BCUT2D eigenvalue weighted by Gasteiger charge is 2.35. The van der Waals surface area contributed by atoms with Gasteiger partial charge in [-0.1, -0.05) is 56.2 Å². The summed E-state index contributed by atoms with van der Waals surface area (Å²) in [6.07, 6.45) is 4.20. The van der Waals surface area contributed by atoms with Gasteiger partial charge < -0.3 is 5.11 Å². The largest absolute Gasteiger partial charge is 0.392 e. The maximum Gasteiger partial charge on any atom is 0.243 e. The minimum absolute atomic E-state index is 0.0578. The number of benzene rings is 1. The molecule has 1 N–H and O–H groups in total. The molecule has 150 valence electrons. The van der Waals surface area contributed by atoms with Crippen molar-refractivity contribution in [2.75, 3.05) is 13.1 Å². The summed E-state index contributed by atoms with van der Waals surface area (Å²) < 4.78 is 27.6. The number of aryl methyl sites for hydroxylation is 1. The fraction of sp³-hybridized carbons (Fsp3) is 0.545. The molecule has 0 amide bonds. The Bertz CT molecular complexity index is 810. The number of aliphatic hydroxyl groups excluding tert-OH is 1. The van der Waals surface area contributed by atoms with Gasteiger partial charge in [0.05, 0.1) is 11.0 Å². The van der Waals surface area contributed by atoms with E-state index in [1.165, 1.54) is 0 Å². The molecule has 0 bridgehead atoms. The Morgan fingerprint density at radius 2 is 1.85 bits per heavy atom. The molecule has 1 fully saturated rings. The molecule has 2 rings (SSSR count). The van der Waals surface area contributed by atoms with Crippen LogP contribution in [0, 0.1) is 18.3 Å². The van der Waals surface area contributed by atoms with Gasteiger partial charge in [-0.25, -0.2) is 8.42 Å². The van der Waals surface area contributed by atoms with Gasteiger partial charge in [0, 0.05) is 19.0 Å². The summed E-state index contributed by atoms with van der Waals surface area (Å²) >= 11 is 0. The van der Waals surface area contributed by atoms with Gasteiger partial charge in [0.25, 0.3) is 0 Å². The second-order valence-electron chi connectivity index (χ2n) is 8.79. The van der Waals surface area contributed by atoms with Gasteiger partial charge in [-0.15, -0.1) is 0 Å². The molecule has 1 heterocycles. The van der Waals surface area contributed by atoms with E-state index in [1.807, 2.05) is 59.8 Å². The molecule has 2 atom stereocenters. The number of allylic oxidation sites excluding steroid dienone is 1. The van der Waals surface area contributed by atoms with Crippen LogP contribution in [-0.2, 0) is 10.0 Å². The summed E-state index contributed by atoms with van der Waals surface area (Å²) in [4.78, 5) is 0.342. The standard InChI is InChI=1S/C22H33NO3S/c1-16(2)20-15-23(27(25,26)19-12-10-17(3)11-13-19)14-18(20)8-7-9-21(24)22(4,5)6/h7-8,10-13,18,21,24H,9,14-15H2,1-6H3/b8-7+/t18-,21+/m0/s1. The SMILES string of the molecule is CC(C)=C1CN(S(=O)(=O)c2ccc(C)cc2)C[C@@H]1/C=C/C[C@@H](O)C(C)(C)C. The lowest BCUT2D eigenvalue weighted by Crippen LogP contribution is -2.28. The van der Waals surface area contributed by atoms with Crippen molar-refractivity contribution in [1.29, 1.82) is 0 Å². The summed E-state index contributed by atoms with van der Waals surface area (Å²) in [5.41, 5.74) is 3.17.